The number of imidazole rings is 1. The number of hydrogen-bond donors (Lipinski definition) is 0. The number of nitrogens with zero attached hydrogens (tertiary/aromatic N) is 3. The van der Waals surface area contributed by atoms with Gasteiger partial charge in [-0.2, -0.15) is 0 Å². The summed E-state index contributed by atoms with van der Waals surface area (Å²) in [5, 5.41) is 11.3. The maximum atomic E-state index is 10.8. The highest BCUT2D eigenvalue weighted by atomic mass is 32.2. The Morgan fingerprint density at radius 2 is 1.23 bits per heavy atom. The van der Waals surface area contributed by atoms with E-state index in [1.165, 1.54) is 32.4 Å². The van der Waals surface area contributed by atoms with Gasteiger partial charge in [-0.25, -0.2) is 13.0 Å². The van der Waals surface area contributed by atoms with Crippen molar-refractivity contribution in [2.45, 2.75) is 25.7 Å². The van der Waals surface area contributed by atoms with Crippen LogP contribution >= 0.6 is 0 Å². The van der Waals surface area contributed by atoms with Crippen molar-refractivity contribution in [1.29, 1.82) is 0 Å². The van der Waals surface area contributed by atoms with Gasteiger partial charge in [0, 0.05) is 16.8 Å². The van der Waals surface area contributed by atoms with Gasteiger partial charge in [0.15, 0.2) is 5.52 Å². The van der Waals surface area contributed by atoms with Crippen molar-refractivity contribution in [3.8, 4) is 0 Å². The molecule has 0 N–H and O–H groups in total. The molecular weight excluding hydrogens is 506 g/mol. The van der Waals surface area contributed by atoms with Gasteiger partial charge in [0.25, 0.3) is 0 Å². The lowest BCUT2D eigenvalue weighted by atomic mass is 9.97. The second-order valence-electron chi connectivity index (χ2n) is 10.00. The van der Waals surface area contributed by atoms with Crippen LogP contribution in [0.5, 0.6) is 0 Å². The third kappa shape index (κ3) is 4.11. The van der Waals surface area contributed by atoms with E-state index in [4.69, 9.17) is 5.10 Å². The molecule has 0 saturated heterocycles. The second kappa shape index (κ2) is 9.15. The monoisotopic (exact) mass is 533 g/mol. The van der Waals surface area contributed by atoms with Gasteiger partial charge >= 0.3 is 5.65 Å². The molecule has 0 aliphatic heterocycles. The van der Waals surface area contributed by atoms with E-state index in [1.54, 1.807) is 26.0 Å². The Morgan fingerprint density at radius 1 is 0.718 bits per heavy atom. The van der Waals surface area contributed by atoms with E-state index in [2.05, 4.69) is 95.0 Å². The Kier molecular flexibility index (Phi) is 5.86. The first-order chi connectivity index (χ1) is 18.6. The third-order valence-electron chi connectivity index (χ3n) is 7.30. The number of fused-ring (bicyclic) bond motifs is 9. The molecule has 0 aliphatic rings. The van der Waals surface area contributed by atoms with E-state index in [0.717, 1.165) is 22.2 Å². The Hall–Kier alpha value is -4.33. The van der Waals surface area contributed by atoms with Crippen LogP contribution in [0.2, 0.25) is 0 Å². The Labute approximate surface area is 226 Å². The zero-order valence-electron chi connectivity index (χ0n) is 22.1. The van der Waals surface area contributed by atoms with Gasteiger partial charge in [0.1, 0.15) is 15.6 Å². The molecule has 0 aliphatic carbocycles. The molecule has 2 aromatic heterocycles. The Bertz CT molecular complexity index is 2180. The summed E-state index contributed by atoms with van der Waals surface area (Å²) in [6, 6.07) is 31.3. The molecule has 0 amide bonds. The second-order valence-corrected chi connectivity index (χ2v) is 11.3. The molecule has 0 unspecified atom stereocenters. The molecule has 0 bridgehead atoms. The highest BCUT2D eigenvalue weighted by Gasteiger charge is 2.20. The standard InChI is InChI=1S/C23H16N3.C9H12O3S/c1-25-20-12-6-7-13-21(20)26-22(25)14-19-17-10-3-2-8-15(17)16-9-4-5-11-18(16)23(19)24-26;1-6-4-7(2)9(8(3)5-6)13(10,11)12/h2-14H,1H3;4-5H,1-3H3,(H,10,11,12)/q+1;/p-1. The van der Waals surface area contributed by atoms with Gasteiger partial charge in [0.05, 0.1) is 11.9 Å². The molecule has 0 spiro atoms. The molecule has 5 aromatic carbocycles. The molecule has 0 radical (unpaired) electrons. The molecule has 194 valence electrons. The van der Waals surface area contributed by atoms with Crippen LogP contribution in [0.3, 0.4) is 0 Å². The largest absolute Gasteiger partial charge is 0.744 e. The lowest BCUT2D eigenvalue weighted by Crippen LogP contribution is -2.27. The first-order valence-corrected chi connectivity index (χ1v) is 14.1. The van der Waals surface area contributed by atoms with Gasteiger partial charge in [-0.1, -0.05) is 88.0 Å². The van der Waals surface area contributed by atoms with Crippen molar-refractivity contribution in [3.63, 3.8) is 0 Å². The van der Waals surface area contributed by atoms with E-state index in [9.17, 15) is 13.0 Å². The van der Waals surface area contributed by atoms with Crippen LogP contribution in [0.4, 0.5) is 0 Å². The van der Waals surface area contributed by atoms with E-state index >= 15 is 0 Å². The molecule has 0 fully saturated rings. The predicted molar refractivity (Wildman–Crippen MR) is 155 cm³/mol. The summed E-state index contributed by atoms with van der Waals surface area (Å²) in [6.07, 6.45) is 0. The minimum atomic E-state index is -4.33. The van der Waals surface area contributed by atoms with Crippen LogP contribution in [-0.2, 0) is 17.2 Å². The molecular formula is C32H27N3O3S. The van der Waals surface area contributed by atoms with Crippen molar-refractivity contribution in [2.75, 3.05) is 0 Å². The topological polar surface area (TPSA) is 78.4 Å². The van der Waals surface area contributed by atoms with Gasteiger partial charge < -0.3 is 4.55 Å². The summed E-state index contributed by atoms with van der Waals surface area (Å²) in [5.41, 5.74) is 6.46. The Balaban J connectivity index is 0.000000181. The molecule has 39 heavy (non-hydrogen) atoms. The predicted octanol–water partition coefficient (Wildman–Crippen LogP) is 6.29. The zero-order valence-corrected chi connectivity index (χ0v) is 23.0. The number of rotatable bonds is 1. The lowest BCUT2D eigenvalue weighted by Gasteiger charge is -2.14. The first kappa shape index (κ1) is 25.0. The van der Waals surface area contributed by atoms with Crippen LogP contribution in [0, 0.1) is 20.8 Å². The molecule has 6 nitrogen and oxygen atoms in total. The van der Waals surface area contributed by atoms with Crippen molar-refractivity contribution in [2.24, 2.45) is 7.05 Å². The quantitative estimate of drug-likeness (QED) is 0.141. The minimum absolute atomic E-state index is 0.0851. The van der Waals surface area contributed by atoms with Crippen molar-refractivity contribution >= 4 is 59.2 Å². The van der Waals surface area contributed by atoms with Gasteiger partial charge in [0.2, 0.25) is 5.52 Å². The SMILES string of the molecule is C[n+]1c2ccccc2n2nc3c4ccccc4c4ccccc4c3cc21.Cc1cc(C)c(S(=O)(=O)[O-])c(C)c1. The molecule has 7 aromatic rings. The Morgan fingerprint density at radius 3 is 1.85 bits per heavy atom. The lowest BCUT2D eigenvalue weighted by molar-refractivity contribution is -0.618. The van der Waals surface area contributed by atoms with Crippen LogP contribution in [0.15, 0.2) is 95.9 Å². The highest BCUT2D eigenvalue weighted by molar-refractivity contribution is 7.85. The number of aromatic nitrogens is 3. The fourth-order valence-electron chi connectivity index (χ4n) is 5.77. The zero-order chi connectivity index (χ0) is 27.5. The normalized spacial score (nSPS) is 11.9. The summed E-state index contributed by atoms with van der Waals surface area (Å²) in [5.74, 6) is 0. The number of para-hydroxylation sites is 2. The number of benzene rings is 5. The highest BCUT2D eigenvalue weighted by Crippen LogP contribution is 2.34. The van der Waals surface area contributed by atoms with Crippen molar-refractivity contribution in [3.05, 3.63) is 108 Å². The fourth-order valence-corrected chi connectivity index (χ4v) is 6.68. The average Bonchev–Trinajstić information content (AvgIpc) is 3.18. The van der Waals surface area contributed by atoms with E-state index in [0.29, 0.717) is 11.1 Å². The summed E-state index contributed by atoms with van der Waals surface area (Å²) in [6.45, 7) is 5.12. The van der Waals surface area contributed by atoms with Crippen molar-refractivity contribution in [1.82, 2.24) is 9.61 Å². The molecule has 0 atom stereocenters. The molecule has 7 rings (SSSR count). The fraction of sp³-hybridized carbons (Fsp3) is 0.125. The summed E-state index contributed by atoms with van der Waals surface area (Å²) >= 11 is 0. The van der Waals surface area contributed by atoms with E-state index in [-0.39, 0.29) is 4.90 Å². The van der Waals surface area contributed by atoms with Crippen molar-refractivity contribution < 1.29 is 17.5 Å². The smallest absolute Gasteiger partial charge is 0.308 e. The minimum Gasteiger partial charge on any atom is -0.744 e. The number of hydrogen-bond acceptors (Lipinski definition) is 4. The first-order valence-electron chi connectivity index (χ1n) is 12.7. The summed E-state index contributed by atoms with van der Waals surface area (Å²) in [7, 11) is -2.23. The summed E-state index contributed by atoms with van der Waals surface area (Å²) in [4.78, 5) is -0.0851. The molecule has 2 heterocycles. The third-order valence-corrected chi connectivity index (χ3v) is 8.45. The average molecular weight is 534 g/mol. The van der Waals surface area contributed by atoms with Gasteiger partial charge in [-0.05, 0) is 60.2 Å². The van der Waals surface area contributed by atoms with E-state index in [1.807, 2.05) is 6.92 Å². The maximum Gasteiger partial charge on any atom is 0.308 e. The summed E-state index contributed by atoms with van der Waals surface area (Å²) < 4.78 is 36.8. The van der Waals surface area contributed by atoms with Crippen LogP contribution in [0.25, 0.3) is 49.1 Å². The van der Waals surface area contributed by atoms with Gasteiger partial charge in [-0.3, -0.25) is 0 Å². The van der Waals surface area contributed by atoms with Crippen LogP contribution < -0.4 is 4.57 Å². The van der Waals surface area contributed by atoms with Gasteiger partial charge in [-0.15, -0.1) is 0 Å². The molecule has 0 saturated carbocycles. The van der Waals surface area contributed by atoms with Crippen LogP contribution in [0.1, 0.15) is 16.7 Å². The molecule has 7 heteroatoms. The maximum absolute atomic E-state index is 10.8. The van der Waals surface area contributed by atoms with Crippen LogP contribution in [-0.4, -0.2) is 22.6 Å². The van der Waals surface area contributed by atoms with E-state index < -0.39 is 10.1 Å². The number of aryl methyl sites for hydroxylation is 4.